The van der Waals surface area contributed by atoms with Gasteiger partial charge >= 0.3 is 5.97 Å². The van der Waals surface area contributed by atoms with Gasteiger partial charge in [0.2, 0.25) is 0 Å². The van der Waals surface area contributed by atoms with Gasteiger partial charge in [0, 0.05) is 6.42 Å². The number of rotatable bonds is 8. The highest BCUT2D eigenvalue weighted by Gasteiger charge is 2.29. The van der Waals surface area contributed by atoms with Crippen molar-refractivity contribution in [3.8, 4) is 5.75 Å². The summed E-state index contributed by atoms with van der Waals surface area (Å²) in [4.78, 5) is 24.6. The van der Waals surface area contributed by atoms with Gasteiger partial charge in [0.1, 0.15) is 5.75 Å². The number of sulfonamides is 1. The maximum atomic E-state index is 13.4. The monoisotopic (exact) mass is 477 g/mol. The third-order valence-corrected chi connectivity index (χ3v) is 7.27. The highest BCUT2D eigenvalue weighted by molar-refractivity contribution is 7.92. The molecule has 0 spiro atoms. The molecule has 0 amide bonds. The first-order valence-corrected chi connectivity index (χ1v) is 11.9. The molecule has 7 nitrogen and oxygen atoms in total. The maximum absolute atomic E-state index is 13.4. The molecule has 0 saturated heterocycles. The number of ether oxygens (including phenoxy) is 2. The number of carbonyl (C=O) groups excluding carboxylic acids is 2. The Hall–Kier alpha value is -2.84. The lowest BCUT2D eigenvalue weighted by Gasteiger charge is -2.24. The molecule has 0 N–H and O–H groups in total. The highest BCUT2D eigenvalue weighted by atomic mass is 35.5. The summed E-state index contributed by atoms with van der Waals surface area (Å²) in [6.45, 7) is 3.65. The number of hydrogen-bond donors (Lipinski definition) is 0. The number of benzene rings is 2. The van der Waals surface area contributed by atoms with E-state index in [1.807, 2.05) is 0 Å². The number of Topliss-reactive ketones (excluding diaryl/α,β-unsaturated/α-hetero) is 1. The van der Waals surface area contributed by atoms with E-state index in [1.54, 1.807) is 24.3 Å². The topological polar surface area (TPSA) is 90.0 Å². The van der Waals surface area contributed by atoms with E-state index < -0.39 is 22.1 Å². The number of hydrogen-bond acceptors (Lipinski definition) is 6. The minimum absolute atomic E-state index is 0.00758. The van der Waals surface area contributed by atoms with E-state index in [0.717, 1.165) is 17.1 Å². The molecule has 1 atom stereocenters. The molecule has 0 aromatic heterocycles. The Morgan fingerprint density at radius 3 is 2.56 bits per heavy atom. The van der Waals surface area contributed by atoms with E-state index in [-0.39, 0.29) is 27.8 Å². The average Bonchev–Trinajstić information content (AvgIpc) is 2.79. The minimum atomic E-state index is -4.06. The molecule has 1 aliphatic rings. The highest BCUT2D eigenvalue weighted by Crippen LogP contribution is 2.29. The Balaban J connectivity index is 1.93. The predicted molar refractivity (Wildman–Crippen MR) is 122 cm³/mol. The zero-order valence-corrected chi connectivity index (χ0v) is 19.2. The summed E-state index contributed by atoms with van der Waals surface area (Å²) in [5.74, 6) is -0.383. The van der Waals surface area contributed by atoms with Gasteiger partial charge in [-0.05, 0) is 61.7 Å². The molecule has 0 radical (unpaired) electrons. The van der Waals surface area contributed by atoms with Crippen LogP contribution in [0.3, 0.4) is 0 Å². The van der Waals surface area contributed by atoms with Crippen molar-refractivity contribution in [3.05, 3.63) is 65.7 Å². The van der Waals surface area contributed by atoms with Crippen molar-refractivity contribution in [1.29, 1.82) is 0 Å². The zero-order valence-electron chi connectivity index (χ0n) is 17.6. The molecule has 32 heavy (non-hydrogen) atoms. The number of ketones is 1. The van der Waals surface area contributed by atoms with Crippen molar-refractivity contribution in [2.75, 3.05) is 18.0 Å². The van der Waals surface area contributed by atoms with Gasteiger partial charge in [-0.2, -0.15) is 0 Å². The largest absolute Gasteiger partial charge is 0.497 e. The Bertz CT molecular complexity index is 1110. The second kappa shape index (κ2) is 10.2. The van der Waals surface area contributed by atoms with E-state index in [2.05, 4.69) is 6.58 Å². The van der Waals surface area contributed by atoms with Gasteiger partial charge in [0.15, 0.2) is 11.9 Å². The first-order valence-electron chi connectivity index (χ1n) is 10.1. The van der Waals surface area contributed by atoms with E-state index in [0.29, 0.717) is 24.3 Å². The third kappa shape index (κ3) is 5.14. The normalized spacial score (nSPS) is 16.3. The lowest BCUT2D eigenvalue weighted by Crippen LogP contribution is -2.32. The van der Waals surface area contributed by atoms with E-state index in [9.17, 15) is 18.0 Å². The van der Waals surface area contributed by atoms with Gasteiger partial charge in [0.25, 0.3) is 10.0 Å². The van der Waals surface area contributed by atoms with Crippen LogP contribution in [0.15, 0.2) is 60.0 Å². The van der Waals surface area contributed by atoms with Gasteiger partial charge in [-0.1, -0.05) is 17.7 Å². The molecule has 1 aliphatic carbocycles. The van der Waals surface area contributed by atoms with Crippen LogP contribution in [0, 0.1) is 0 Å². The van der Waals surface area contributed by atoms with Gasteiger partial charge < -0.3 is 9.47 Å². The summed E-state index contributed by atoms with van der Waals surface area (Å²) >= 11 is 6.16. The van der Waals surface area contributed by atoms with Crippen LogP contribution in [0.1, 0.15) is 36.0 Å². The van der Waals surface area contributed by atoms with Crippen LogP contribution in [-0.4, -0.2) is 39.9 Å². The first kappa shape index (κ1) is 23.8. The lowest BCUT2D eigenvalue weighted by molar-refractivity contribution is -0.129. The molecule has 1 saturated carbocycles. The fraction of sp³-hybridized carbons (Fsp3) is 0.304. The average molecular weight is 478 g/mol. The van der Waals surface area contributed by atoms with Gasteiger partial charge in [-0.3, -0.25) is 9.10 Å². The third-order valence-electron chi connectivity index (χ3n) is 5.15. The minimum Gasteiger partial charge on any atom is -0.497 e. The quantitative estimate of drug-likeness (QED) is 0.413. The standard InChI is InChI=1S/C23H24ClNO6S/c1-3-14-25(16-8-10-17(30-2)11-9-16)32(28,29)18-12-13-20(24)19(15-18)23(27)31-22-7-5-4-6-21(22)26/h3,8-13,15,22H,1,4-7,14H2,2H3/t22-/m0/s1. The van der Waals surface area contributed by atoms with Crippen molar-refractivity contribution < 1.29 is 27.5 Å². The Labute approximate surface area is 192 Å². The second-order valence-corrected chi connectivity index (χ2v) is 9.54. The molecule has 9 heteroatoms. The molecule has 3 rings (SSSR count). The molecule has 0 aliphatic heterocycles. The predicted octanol–water partition coefficient (Wildman–Crippen LogP) is 4.40. The van der Waals surface area contributed by atoms with Crippen LogP contribution in [0.2, 0.25) is 5.02 Å². The van der Waals surface area contributed by atoms with Crippen LogP contribution in [0.25, 0.3) is 0 Å². The molecule has 0 heterocycles. The molecular weight excluding hydrogens is 454 g/mol. The van der Waals surface area contributed by atoms with Crippen LogP contribution < -0.4 is 9.04 Å². The Kier molecular flexibility index (Phi) is 7.58. The summed E-state index contributed by atoms with van der Waals surface area (Å²) in [6, 6.07) is 10.3. The van der Waals surface area contributed by atoms with Gasteiger partial charge in [0.05, 0.1) is 34.8 Å². The van der Waals surface area contributed by atoms with E-state index in [4.69, 9.17) is 21.1 Å². The summed E-state index contributed by atoms with van der Waals surface area (Å²) in [5, 5.41) is 0.0388. The fourth-order valence-corrected chi connectivity index (χ4v) is 5.08. The van der Waals surface area contributed by atoms with Crippen LogP contribution in [0.4, 0.5) is 5.69 Å². The number of nitrogens with zero attached hydrogens (tertiary/aromatic N) is 1. The van der Waals surface area contributed by atoms with Crippen molar-refractivity contribution >= 4 is 39.1 Å². The Morgan fingerprint density at radius 2 is 1.94 bits per heavy atom. The van der Waals surface area contributed by atoms with Gasteiger partial charge in [-0.15, -0.1) is 6.58 Å². The zero-order chi connectivity index (χ0) is 23.3. The summed E-state index contributed by atoms with van der Waals surface area (Å²) in [6.07, 6.45) is 2.99. The molecule has 0 unspecified atom stereocenters. The fourth-order valence-electron chi connectivity index (χ4n) is 3.42. The molecule has 1 fully saturated rings. The van der Waals surface area contributed by atoms with Gasteiger partial charge in [-0.25, -0.2) is 13.2 Å². The smallest absolute Gasteiger partial charge is 0.340 e. The van der Waals surface area contributed by atoms with Crippen LogP contribution in [0.5, 0.6) is 5.75 Å². The second-order valence-electron chi connectivity index (χ2n) is 7.27. The summed E-state index contributed by atoms with van der Waals surface area (Å²) < 4.78 is 38.4. The van der Waals surface area contributed by atoms with Crippen LogP contribution >= 0.6 is 11.6 Å². The first-order chi connectivity index (χ1) is 15.3. The lowest BCUT2D eigenvalue weighted by atomic mass is 9.96. The molecule has 170 valence electrons. The van der Waals surface area contributed by atoms with Crippen molar-refractivity contribution in [2.45, 2.75) is 36.7 Å². The number of esters is 1. The van der Waals surface area contributed by atoms with Crippen LogP contribution in [-0.2, 0) is 19.6 Å². The maximum Gasteiger partial charge on any atom is 0.340 e. The molecular formula is C23H24ClNO6S. The summed E-state index contributed by atoms with van der Waals surface area (Å²) in [7, 11) is -2.55. The molecule has 0 bridgehead atoms. The number of carbonyl (C=O) groups is 2. The van der Waals surface area contributed by atoms with Crippen molar-refractivity contribution in [3.63, 3.8) is 0 Å². The number of anilines is 1. The van der Waals surface area contributed by atoms with Crippen molar-refractivity contribution in [1.82, 2.24) is 0 Å². The Morgan fingerprint density at radius 1 is 1.22 bits per heavy atom. The van der Waals surface area contributed by atoms with Crippen molar-refractivity contribution in [2.24, 2.45) is 0 Å². The molecule has 2 aromatic carbocycles. The number of methoxy groups -OCH3 is 1. The summed E-state index contributed by atoms with van der Waals surface area (Å²) in [5.41, 5.74) is 0.289. The van der Waals surface area contributed by atoms with E-state index >= 15 is 0 Å². The van der Waals surface area contributed by atoms with E-state index in [1.165, 1.54) is 31.4 Å². The molecule has 2 aromatic rings. The SMILES string of the molecule is C=CCN(c1ccc(OC)cc1)S(=O)(=O)c1ccc(Cl)c(C(=O)O[C@H]2CCCCC2=O)c1. The number of halogens is 1.